The molecule has 1 aliphatic heterocycles. The Hall–Kier alpha value is -1.65. The van der Waals surface area contributed by atoms with Crippen molar-refractivity contribution in [3.63, 3.8) is 0 Å². The summed E-state index contributed by atoms with van der Waals surface area (Å²) in [6, 6.07) is 13.2. The van der Waals surface area contributed by atoms with Crippen LogP contribution in [0, 0.1) is 6.92 Å². The number of hydrogen-bond acceptors (Lipinski definition) is 4. The third-order valence-corrected chi connectivity index (χ3v) is 4.00. The highest BCUT2D eigenvalue weighted by molar-refractivity contribution is 5.14. The Kier molecular flexibility index (Phi) is 4.68. The Labute approximate surface area is 126 Å². The lowest BCUT2D eigenvalue weighted by Crippen LogP contribution is -2.44. The fourth-order valence-corrected chi connectivity index (χ4v) is 2.95. The molecule has 112 valence electrons. The summed E-state index contributed by atoms with van der Waals surface area (Å²) in [4.78, 5) is 2.53. The summed E-state index contributed by atoms with van der Waals surface area (Å²) in [5.74, 6) is 0.924. The molecule has 1 saturated heterocycles. The molecule has 0 radical (unpaired) electrons. The van der Waals surface area contributed by atoms with Gasteiger partial charge in [-0.2, -0.15) is 0 Å². The second-order valence-electron chi connectivity index (χ2n) is 5.88. The third kappa shape index (κ3) is 4.16. The minimum atomic E-state index is 0.535. The zero-order valence-corrected chi connectivity index (χ0v) is 12.6. The van der Waals surface area contributed by atoms with E-state index in [1.54, 1.807) is 0 Å². The topological polar surface area (TPSA) is 41.3 Å². The lowest BCUT2D eigenvalue weighted by molar-refractivity contribution is 0.180. The predicted octanol–water partition coefficient (Wildman–Crippen LogP) is 2.74. The summed E-state index contributed by atoms with van der Waals surface area (Å²) in [7, 11) is 0. The molecular formula is C17H23N3O. The number of benzene rings is 1. The Balaban J connectivity index is 1.49. The van der Waals surface area contributed by atoms with Crippen molar-refractivity contribution in [1.82, 2.24) is 15.4 Å². The van der Waals surface area contributed by atoms with E-state index in [0.717, 1.165) is 31.1 Å². The molecule has 0 spiro atoms. The minimum absolute atomic E-state index is 0.535. The molecule has 3 rings (SSSR count). The zero-order chi connectivity index (χ0) is 14.5. The van der Waals surface area contributed by atoms with Crippen LogP contribution in [0.25, 0.3) is 0 Å². The van der Waals surface area contributed by atoms with Crippen molar-refractivity contribution in [1.29, 1.82) is 0 Å². The summed E-state index contributed by atoms with van der Waals surface area (Å²) in [5, 5.41) is 7.52. The van der Waals surface area contributed by atoms with Gasteiger partial charge in [-0.3, -0.25) is 4.90 Å². The van der Waals surface area contributed by atoms with Gasteiger partial charge in [0.2, 0.25) is 0 Å². The average molecular weight is 285 g/mol. The van der Waals surface area contributed by atoms with E-state index in [1.165, 1.54) is 24.9 Å². The van der Waals surface area contributed by atoms with Crippen molar-refractivity contribution in [2.75, 3.05) is 13.1 Å². The van der Waals surface area contributed by atoms with Gasteiger partial charge < -0.3 is 9.84 Å². The van der Waals surface area contributed by atoms with E-state index in [1.807, 2.05) is 13.0 Å². The summed E-state index contributed by atoms with van der Waals surface area (Å²) in [6.07, 6.45) is 2.48. The molecule has 1 aliphatic rings. The molecule has 1 fully saturated rings. The molecule has 2 aromatic rings. The molecule has 21 heavy (non-hydrogen) atoms. The van der Waals surface area contributed by atoms with Crippen LogP contribution in [-0.2, 0) is 13.1 Å². The van der Waals surface area contributed by atoms with Crippen LogP contribution in [0.4, 0.5) is 0 Å². The van der Waals surface area contributed by atoms with Crippen molar-refractivity contribution in [3.05, 3.63) is 53.4 Å². The SMILES string of the molecule is Cc1cc(CNC2CCCN(Cc3ccccc3)C2)on1. The standard InChI is InChI=1S/C17H23N3O/c1-14-10-17(21-19-14)11-18-16-8-5-9-20(13-16)12-15-6-3-2-4-7-15/h2-4,6-7,10,16,18H,5,8-9,11-13H2,1H3. The molecule has 1 aromatic carbocycles. The first-order valence-electron chi connectivity index (χ1n) is 7.71. The van der Waals surface area contributed by atoms with Gasteiger partial charge in [0.1, 0.15) is 0 Å². The largest absolute Gasteiger partial charge is 0.360 e. The number of nitrogens with zero attached hydrogens (tertiary/aromatic N) is 2. The highest BCUT2D eigenvalue weighted by Crippen LogP contribution is 2.14. The van der Waals surface area contributed by atoms with Gasteiger partial charge >= 0.3 is 0 Å². The molecule has 1 unspecified atom stereocenters. The van der Waals surface area contributed by atoms with E-state index >= 15 is 0 Å². The van der Waals surface area contributed by atoms with Crippen LogP contribution in [0.1, 0.15) is 29.9 Å². The van der Waals surface area contributed by atoms with Gasteiger partial charge in [0, 0.05) is 25.2 Å². The van der Waals surface area contributed by atoms with Gasteiger partial charge in [-0.1, -0.05) is 35.5 Å². The monoisotopic (exact) mass is 285 g/mol. The quantitative estimate of drug-likeness (QED) is 0.917. The lowest BCUT2D eigenvalue weighted by Gasteiger charge is -2.33. The van der Waals surface area contributed by atoms with E-state index < -0.39 is 0 Å². The maximum absolute atomic E-state index is 5.25. The van der Waals surface area contributed by atoms with Gasteiger partial charge in [0.05, 0.1) is 12.2 Å². The van der Waals surface area contributed by atoms with Crippen LogP contribution in [-0.4, -0.2) is 29.2 Å². The first-order chi connectivity index (χ1) is 10.3. The molecule has 1 atom stereocenters. The van der Waals surface area contributed by atoms with Crippen molar-refractivity contribution in [2.24, 2.45) is 0 Å². The van der Waals surface area contributed by atoms with Crippen molar-refractivity contribution in [3.8, 4) is 0 Å². The lowest BCUT2D eigenvalue weighted by atomic mass is 10.0. The van der Waals surface area contributed by atoms with E-state index in [0.29, 0.717) is 6.04 Å². The van der Waals surface area contributed by atoms with Crippen molar-refractivity contribution >= 4 is 0 Å². The Morgan fingerprint density at radius 3 is 2.95 bits per heavy atom. The van der Waals surface area contributed by atoms with Gasteiger partial charge in [-0.15, -0.1) is 0 Å². The molecule has 2 heterocycles. The van der Waals surface area contributed by atoms with Crippen LogP contribution < -0.4 is 5.32 Å². The number of aryl methyl sites for hydroxylation is 1. The highest BCUT2D eigenvalue weighted by atomic mass is 16.5. The number of piperidine rings is 1. The zero-order valence-electron chi connectivity index (χ0n) is 12.6. The normalized spacial score (nSPS) is 19.8. The number of aromatic nitrogens is 1. The van der Waals surface area contributed by atoms with E-state index in [4.69, 9.17) is 4.52 Å². The number of rotatable bonds is 5. The fourth-order valence-electron chi connectivity index (χ4n) is 2.95. The summed E-state index contributed by atoms with van der Waals surface area (Å²) in [5.41, 5.74) is 2.34. The first kappa shape index (κ1) is 14.3. The van der Waals surface area contributed by atoms with Crippen LogP contribution in [0.2, 0.25) is 0 Å². The summed E-state index contributed by atoms with van der Waals surface area (Å²) < 4.78 is 5.25. The van der Waals surface area contributed by atoms with Gasteiger partial charge in [-0.05, 0) is 31.9 Å². The average Bonchev–Trinajstić information content (AvgIpc) is 2.92. The van der Waals surface area contributed by atoms with Gasteiger partial charge in [0.25, 0.3) is 0 Å². The minimum Gasteiger partial charge on any atom is -0.360 e. The first-order valence-corrected chi connectivity index (χ1v) is 7.71. The van der Waals surface area contributed by atoms with Crippen molar-refractivity contribution in [2.45, 2.75) is 38.9 Å². The number of likely N-dealkylation sites (tertiary alicyclic amines) is 1. The fraction of sp³-hybridized carbons (Fsp3) is 0.471. The van der Waals surface area contributed by atoms with Gasteiger partial charge in [0.15, 0.2) is 5.76 Å². The van der Waals surface area contributed by atoms with Crippen LogP contribution in [0.15, 0.2) is 40.9 Å². The molecule has 0 amide bonds. The Bertz CT molecular complexity index is 552. The van der Waals surface area contributed by atoms with Crippen LogP contribution in [0.5, 0.6) is 0 Å². The molecule has 1 N–H and O–H groups in total. The van der Waals surface area contributed by atoms with E-state index in [-0.39, 0.29) is 0 Å². The highest BCUT2D eigenvalue weighted by Gasteiger charge is 2.19. The maximum Gasteiger partial charge on any atom is 0.150 e. The maximum atomic E-state index is 5.25. The van der Waals surface area contributed by atoms with E-state index in [9.17, 15) is 0 Å². The summed E-state index contributed by atoms with van der Waals surface area (Å²) in [6.45, 7) is 6.05. The number of hydrogen-bond donors (Lipinski definition) is 1. The molecule has 0 aliphatic carbocycles. The molecule has 0 bridgehead atoms. The summed E-state index contributed by atoms with van der Waals surface area (Å²) >= 11 is 0. The Morgan fingerprint density at radius 2 is 2.19 bits per heavy atom. The molecule has 0 saturated carbocycles. The van der Waals surface area contributed by atoms with Crippen LogP contribution >= 0.6 is 0 Å². The predicted molar refractivity (Wildman–Crippen MR) is 82.8 cm³/mol. The molecular weight excluding hydrogens is 262 g/mol. The number of nitrogens with one attached hydrogen (secondary N) is 1. The Morgan fingerprint density at radius 1 is 1.33 bits per heavy atom. The van der Waals surface area contributed by atoms with Crippen LogP contribution in [0.3, 0.4) is 0 Å². The smallest absolute Gasteiger partial charge is 0.150 e. The molecule has 1 aromatic heterocycles. The van der Waals surface area contributed by atoms with Crippen molar-refractivity contribution < 1.29 is 4.52 Å². The van der Waals surface area contributed by atoms with Gasteiger partial charge in [-0.25, -0.2) is 0 Å². The molecule has 4 heteroatoms. The third-order valence-electron chi connectivity index (χ3n) is 4.00. The van der Waals surface area contributed by atoms with E-state index in [2.05, 4.69) is 45.7 Å². The second-order valence-corrected chi connectivity index (χ2v) is 5.88. The second kappa shape index (κ2) is 6.87. The molecule has 4 nitrogen and oxygen atoms in total.